The van der Waals surface area contributed by atoms with E-state index in [0.29, 0.717) is 7.11 Å². The number of hydrogen-bond donors (Lipinski definition) is 0. The number of nitro groups is 3. The van der Waals surface area contributed by atoms with Crippen LogP contribution < -0.4 is 0 Å². The van der Waals surface area contributed by atoms with Gasteiger partial charge in [-0.3, -0.25) is 30.3 Å². The highest BCUT2D eigenvalue weighted by molar-refractivity contribution is 6.06. The van der Waals surface area contributed by atoms with Gasteiger partial charge in [-0.15, -0.1) is 0 Å². The van der Waals surface area contributed by atoms with E-state index in [2.05, 4.69) is 43.4 Å². The van der Waals surface area contributed by atoms with Crippen molar-refractivity contribution < 1.29 is 72.0 Å². The standard InChI is InChI=1S/C23H28N6O18/c1-7-43-16(31)21(27(36)37,15(30)42-6)12-24-13(22(28(38)39,17(32)44-8-2)18(33)45-9-3)26-14(25-12)23(29(40)41,19(34)46-10-4)20(35)47-11-5/h7-11H2,1-6H3. The van der Waals surface area contributed by atoms with Crippen LogP contribution in [0.4, 0.5) is 0 Å². The van der Waals surface area contributed by atoms with Gasteiger partial charge in [-0.2, -0.15) is 0 Å². The number of carbonyl (C=O) groups is 6. The van der Waals surface area contributed by atoms with Gasteiger partial charge in [-0.1, -0.05) is 0 Å². The highest BCUT2D eigenvalue weighted by atomic mass is 16.7. The molecule has 1 heterocycles. The second-order valence-electron chi connectivity index (χ2n) is 8.30. The lowest BCUT2D eigenvalue weighted by Crippen LogP contribution is -2.58. The van der Waals surface area contributed by atoms with Crippen LogP contribution in [0.25, 0.3) is 0 Å². The topological polar surface area (TPSA) is 326 Å². The number of carbonyl (C=O) groups excluding carboxylic acids is 6. The van der Waals surface area contributed by atoms with E-state index < -0.39 is 118 Å². The van der Waals surface area contributed by atoms with Crippen LogP contribution in [0.5, 0.6) is 0 Å². The zero-order chi connectivity index (χ0) is 36.3. The highest BCUT2D eigenvalue weighted by Gasteiger charge is 2.73. The van der Waals surface area contributed by atoms with E-state index in [9.17, 15) is 59.1 Å². The molecule has 1 atom stereocenters. The number of esters is 6. The molecule has 0 aliphatic heterocycles. The van der Waals surface area contributed by atoms with Crippen molar-refractivity contribution in [2.24, 2.45) is 0 Å². The van der Waals surface area contributed by atoms with Crippen LogP contribution in [0, 0.1) is 30.3 Å². The molecule has 0 radical (unpaired) electrons. The van der Waals surface area contributed by atoms with Crippen molar-refractivity contribution in [2.45, 2.75) is 51.2 Å². The average Bonchev–Trinajstić information content (AvgIpc) is 2.98. The molecule has 0 aliphatic carbocycles. The SMILES string of the molecule is CCOC(=O)C(C(=O)OC)(c1nc(C(C(=O)OCC)(C(=O)OCC)[N+](=O)[O-])nc(C(C(=O)OCC)(C(=O)OCC)[N+](=O)[O-])n1)[N+](=O)[O-]. The Morgan fingerprint density at radius 1 is 0.489 bits per heavy atom. The Kier molecular flexibility index (Phi) is 13.2. The molecule has 258 valence electrons. The van der Waals surface area contributed by atoms with Crippen molar-refractivity contribution in [3.63, 3.8) is 0 Å². The van der Waals surface area contributed by atoms with E-state index in [4.69, 9.17) is 0 Å². The maximum Gasteiger partial charge on any atom is 0.468 e. The summed E-state index contributed by atoms with van der Waals surface area (Å²) in [7, 11) is 0.514. The molecule has 0 saturated carbocycles. The fraction of sp³-hybridized carbons (Fsp3) is 0.609. The van der Waals surface area contributed by atoms with Gasteiger partial charge in [0.05, 0.1) is 54.9 Å². The summed E-state index contributed by atoms with van der Waals surface area (Å²) in [4.78, 5) is 122. The van der Waals surface area contributed by atoms with Gasteiger partial charge in [0.25, 0.3) is 0 Å². The lowest BCUT2D eigenvalue weighted by molar-refractivity contribution is -0.556. The first-order valence-corrected chi connectivity index (χ1v) is 13.2. The van der Waals surface area contributed by atoms with E-state index in [1.54, 1.807) is 0 Å². The smallest absolute Gasteiger partial charge is 0.463 e. The zero-order valence-electron chi connectivity index (χ0n) is 25.6. The number of methoxy groups -OCH3 is 1. The van der Waals surface area contributed by atoms with E-state index in [0.717, 1.165) is 34.6 Å². The Balaban J connectivity index is 4.98. The predicted octanol–water partition coefficient (Wildman–Crippen LogP) is -1.72. The Morgan fingerprint density at radius 3 is 0.830 bits per heavy atom. The van der Waals surface area contributed by atoms with Gasteiger partial charge in [-0.25, -0.2) is 43.7 Å². The largest absolute Gasteiger partial charge is 0.468 e. The van der Waals surface area contributed by atoms with Crippen LogP contribution in [-0.2, 0) is 73.8 Å². The molecule has 1 aromatic heterocycles. The molecule has 0 aromatic carbocycles. The molecule has 1 unspecified atom stereocenters. The van der Waals surface area contributed by atoms with Crippen LogP contribution in [0.15, 0.2) is 0 Å². The second kappa shape index (κ2) is 15.8. The fourth-order valence-electron chi connectivity index (χ4n) is 3.68. The number of nitrogens with zero attached hydrogens (tertiary/aromatic N) is 6. The number of hydrogen-bond acceptors (Lipinski definition) is 21. The van der Waals surface area contributed by atoms with Gasteiger partial charge in [0.15, 0.2) is 0 Å². The van der Waals surface area contributed by atoms with Gasteiger partial charge in [0.2, 0.25) is 17.5 Å². The van der Waals surface area contributed by atoms with Crippen LogP contribution >= 0.6 is 0 Å². The van der Waals surface area contributed by atoms with Crippen molar-refractivity contribution >= 4 is 35.8 Å². The molecular weight excluding hydrogens is 648 g/mol. The van der Waals surface area contributed by atoms with Gasteiger partial charge in [-0.05, 0) is 34.6 Å². The molecule has 0 N–H and O–H groups in total. The summed E-state index contributed by atoms with van der Waals surface area (Å²) in [5.74, 6) is -18.9. The summed E-state index contributed by atoms with van der Waals surface area (Å²) < 4.78 is 27.6. The summed E-state index contributed by atoms with van der Waals surface area (Å²) in [6.07, 6.45) is 0. The molecular formula is C23H28N6O18. The lowest BCUT2D eigenvalue weighted by atomic mass is 9.94. The first-order chi connectivity index (χ1) is 22.0. The van der Waals surface area contributed by atoms with Crippen molar-refractivity contribution in [1.82, 2.24) is 15.0 Å². The van der Waals surface area contributed by atoms with Gasteiger partial charge < -0.3 is 28.4 Å². The van der Waals surface area contributed by atoms with Crippen LogP contribution in [0.1, 0.15) is 52.1 Å². The summed E-state index contributed by atoms with van der Waals surface area (Å²) in [5, 5.41) is 37.8. The minimum Gasteiger partial charge on any atom is -0.463 e. The predicted molar refractivity (Wildman–Crippen MR) is 141 cm³/mol. The molecule has 0 bridgehead atoms. The van der Waals surface area contributed by atoms with Gasteiger partial charge >= 0.3 is 52.4 Å². The summed E-state index contributed by atoms with van der Waals surface area (Å²) in [6, 6.07) is 0. The maximum absolute atomic E-state index is 13.2. The monoisotopic (exact) mass is 676 g/mol. The molecule has 0 fully saturated rings. The quantitative estimate of drug-likeness (QED) is 0.0581. The molecule has 0 aliphatic rings. The van der Waals surface area contributed by atoms with Crippen molar-refractivity contribution in [2.75, 3.05) is 40.1 Å². The third-order valence-corrected chi connectivity index (χ3v) is 5.76. The minimum atomic E-state index is -4.17. The first kappa shape index (κ1) is 39.1. The average molecular weight is 677 g/mol. The molecule has 24 nitrogen and oxygen atoms in total. The van der Waals surface area contributed by atoms with Crippen LogP contribution in [0.2, 0.25) is 0 Å². The highest BCUT2D eigenvalue weighted by Crippen LogP contribution is 2.35. The van der Waals surface area contributed by atoms with Crippen molar-refractivity contribution in [1.29, 1.82) is 0 Å². The van der Waals surface area contributed by atoms with Crippen LogP contribution in [0.3, 0.4) is 0 Å². The Hall–Kier alpha value is -5.97. The zero-order valence-corrected chi connectivity index (χ0v) is 25.6. The normalized spacial score (nSPS) is 12.4. The number of ether oxygens (including phenoxy) is 6. The third-order valence-electron chi connectivity index (χ3n) is 5.76. The molecule has 24 heteroatoms. The lowest BCUT2D eigenvalue weighted by Gasteiger charge is -2.25. The minimum absolute atomic E-state index is 0.514. The summed E-state index contributed by atoms with van der Waals surface area (Å²) in [6.45, 7) is 2.15. The number of rotatable bonds is 17. The van der Waals surface area contributed by atoms with E-state index >= 15 is 0 Å². The molecule has 0 amide bonds. The third kappa shape index (κ3) is 6.41. The molecule has 0 spiro atoms. The van der Waals surface area contributed by atoms with Gasteiger partial charge in [0.1, 0.15) is 0 Å². The van der Waals surface area contributed by atoms with E-state index in [1.807, 2.05) is 0 Å². The molecule has 1 rings (SSSR count). The van der Waals surface area contributed by atoms with Crippen molar-refractivity contribution in [3.05, 3.63) is 47.8 Å². The Bertz CT molecular complexity index is 1350. The molecule has 1 aromatic rings. The Morgan fingerprint density at radius 2 is 0.681 bits per heavy atom. The molecule has 0 saturated heterocycles. The fourth-order valence-corrected chi connectivity index (χ4v) is 3.68. The first-order valence-electron chi connectivity index (χ1n) is 13.2. The van der Waals surface area contributed by atoms with Crippen LogP contribution in [-0.4, -0.2) is 106 Å². The summed E-state index contributed by atoms with van der Waals surface area (Å²) >= 11 is 0. The van der Waals surface area contributed by atoms with Gasteiger partial charge in [0, 0.05) is 0 Å². The summed E-state index contributed by atoms with van der Waals surface area (Å²) in [5.41, 5.74) is -12.5. The number of aromatic nitrogens is 3. The Labute approximate surface area is 262 Å². The molecule has 47 heavy (non-hydrogen) atoms. The van der Waals surface area contributed by atoms with E-state index in [1.165, 1.54) is 0 Å². The van der Waals surface area contributed by atoms with Crippen molar-refractivity contribution in [3.8, 4) is 0 Å². The second-order valence-corrected chi connectivity index (χ2v) is 8.30. The maximum atomic E-state index is 13.2. The van der Waals surface area contributed by atoms with E-state index in [-0.39, 0.29) is 0 Å².